The second-order valence-corrected chi connectivity index (χ2v) is 10.5. The van der Waals surface area contributed by atoms with Crippen LogP contribution in [-0.4, -0.2) is 49.8 Å². The molecule has 0 aliphatic rings. The highest BCUT2D eigenvalue weighted by atomic mass is 32.2. The van der Waals surface area contributed by atoms with Crippen LogP contribution in [0.4, 0.5) is 0 Å². The summed E-state index contributed by atoms with van der Waals surface area (Å²) in [4.78, 5) is 16.5. The van der Waals surface area contributed by atoms with Crippen molar-refractivity contribution in [1.29, 1.82) is 0 Å². The van der Waals surface area contributed by atoms with E-state index in [0.29, 0.717) is 5.56 Å². The topological polar surface area (TPSA) is 123 Å². The first kappa shape index (κ1) is 21.5. The molecule has 0 unspecified atom stereocenters. The number of rotatable bonds is 6. The monoisotopic (exact) mass is 446 g/mol. The first-order valence-corrected chi connectivity index (χ1v) is 12.4. The third-order valence-electron chi connectivity index (χ3n) is 4.18. The van der Waals surface area contributed by atoms with Crippen LogP contribution in [0.5, 0.6) is 5.75 Å². The normalized spacial score (nSPS) is 12.3. The average Bonchev–Trinajstić information content (AvgIpc) is 3.13. The van der Waals surface area contributed by atoms with Gasteiger partial charge in [-0.15, -0.1) is 0 Å². The lowest BCUT2D eigenvalue weighted by Crippen LogP contribution is -2.13. The van der Waals surface area contributed by atoms with Gasteiger partial charge in [0.2, 0.25) is 0 Å². The molecule has 0 aliphatic carbocycles. The van der Waals surface area contributed by atoms with Crippen molar-refractivity contribution >= 4 is 31.5 Å². The molecule has 1 aromatic carbocycles. The molecule has 3 rings (SSSR count). The lowest BCUT2D eigenvalue weighted by Gasteiger charge is -2.11. The number of sulfone groups is 2. The van der Waals surface area contributed by atoms with Crippen molar-refractivity contribution in [3.05, 3.63) is 71.9 Å². The molecule has 2 heterocycles. The molecule has 0 bridgehead atoms. The van der Waals surface area contributed by atoms with E-state index in [0.717, 1.165) is 17.1 Å². The summed E-state index contributed by atoms with van der Waals surface area (Å²) in [6.45, 7) is 0. The molecular formula is C20H18N2O6S2. The first-order valence-electron chi connectivity index (χ1n) is 8.57. The van der Waals surface area contributed by atoms with Crippen molar-refractivity contribution in [2.75, 3.05) is 12.5 Å². The number of ketones is 1. The molecule has 2 aromatic heterocycles. The summed E-state index contributed by atoms with van der Waals surface area (Å²) in [6.07, 6.45) is 5.89. The molecule has 0 saturated heterocycles. The minimum absolute atomic E-state index is 0.0317. The Bertz CT molecular complexity index is 1300. The summed E-state index contributed by atoms with van der Waals surface area (Å²) in [6, 6.07) is 11.7. The van der Waals surface area contributed by atoms with Crippen LogP contribution < -0.4 is 0 Å². The van der Waals surface area contributed by atoms with Gasteiger partial charge in [0.25, 0.3) is 0 Å². The number of allylic oxidation sites excluding steroid dienone is 1. The average molecular weight is 447 g/mol. The number of nitrogens with zero attached hydrogens (tertiary/aromatic N) is 2. The Morgan fingerprint density at radius 3 is 2.03 bits per heavy atom. The van der Waals surface area contributed by atoms with Crippen LogP contribution in [0.15, 0.2) is 70.9 Å². The molecule has 8 nitrogen and oxygen atoms in total. The summed E-state index contributed by atoms with van der Waals surface area (Å²) in [7, 11) is -7.47. The van der Waals surface area contributed by atoms with Gasteiger partial charge in [0.1, 0.15) is 21.6 Å². The molecule has 0 saturated carbocycles. The first-order chi connectivity index (χ1) is 14.0. The third kappa shape index (κ3) is 4.50. The van der Waals surface area contributed by atoms with E-state index in [1.54, 1.807) is 18.2 Å². The number of aromatic nitrogens is 2. The summed E-state index contributed by atoms with van der Waals surface area (Å²) in [5, 5.41) is 9.29. The van der Waals surface area contributed by atoms with Crippen molar-refractivity contribution in [3.63, 3.8) is 0 Å². The summed E-state index contributed by atoms with van der Waals surface area (Å²) >= 11 is 0. The molecule has 0 atom stereocenters. The smallest absolute Gasteiger partial charge is 0.191 e. The van der Waals surface area contributed by atoms with E-state index in [9.17, 15) is 26.7 Å². The summed E-state index contributed by atoms with van der Waals surface area (Å²) in [5.74, 6) is -0.317. The Kier molecular flexibility index (Phi) is 5.64. The number of phenols is 1. The molecule has 0 aliphatic heterocycles. The SMILES string of the molecule is CS(=O)(=O)c1ccc(S(C)(=O)=O)n1-c1ccc(C(=O)C=Cc2ccccc2O)cn1. The van der Waals surface area contributed by atoms with E-state index >= 15 is 0 Å². The molecular weight excluding hydrogens is 428 g/mol. The molecule has 3 aromatic rings. The van der Waals surface area contributed by atoms with Crippen LogP contribution in [0.3, 0.4) is 0 Å². The molecule has 1 N–H and O–H groups in total. The third-order valence-corrected chi connectivity index (χ3v) is 6.34. The van der Waals surface area contributed by atoms with Crippen LogP contribution in [-0.2, 0) is 19.7 Å². The lowest BCUT2D eigenvalue weighted by atomic mass is 10.1. The Morgan fingerprint density at radius 1 is 0.933 bits per heavy atom. The lowest BCUT2D eigenvalue weighted by molar-refractivity contribution is 0.104. The zero-order valence-corrected chi connectivity index (χ0v) is 17.7. The van der Waals surface area contributed by atoms with E-state index < -0.39 is 25.5 Å². The van der Waals surface area contributed by atoms with E-state index in [1.807, 2.05) is 0 Å². The van der Waals surface area contributed by atoms with Crippen molar-refractivity contribution in [3.8, 4) is 11.6 Å². The van der Waals surface area contributed by atoms with Crippen LogP contribution >= 0.6 is 0 Å². The van der Waals surface area contributed by atoms with Gasteiger partial charge in [0, 0.05) is 29.8 Å². The second-order valence-electron chi connectivity index (χ2n) is 6.55. The predicted octanol–water partition coefficient (Wildman–Crippen LogP) is 2.28. The largest absolute Gasteiger partial charge is 0.507 e. The maximum atomic E-state index is 12.4. The van der Waals surface area contributed by atoms with Crippen LogP contribution in [0, 0.1) is 0 Å². The van der Waals surface area contributed by atoms with E-state index in [1.165, 1.54) is 48.7 Å². The number of hydrogen-bond acceptors (Lipinski definition) is 7. The summed E-state index contributed by atoms with van der Waals surface area (Å²) in [5.41, 5.74) is 0.678. The Morgan fingerprint density at radius 2 is 1.53 bits per heavy atom. The number of phenolic OH excluding ortho intramolecular Hbond substituents is 1. The number of carbonyl (C=O) groups excluding carboxylic acids is 1. The molecule has 0 amide bonds. The van der Waals surface area contributed by atoms with Crippen LogP contribution in [0.25, 0.3) is 11.9 Å². The fourth-order valence-corrected chi connectivity index (χ4v) is 4.49. The van der Waals surface area contributed by atoms with Gasteiger partial charge < -0.3 is 5.11 Å². The zero-order valence-electron chi connectivity index (χ0n) is 16.1. The van der Waals surface area contributed by atoms with Crippen molar-refractivity contribution in [2.45, 2.75) is 10.1 Å². The van der Waals surface area contributed by atoms with Gasteiger partial charge in [-0.05, 0) is 42.5 Å². The highest BCUT2D eigenvalue weighted by molar-refractivity contribution is 7.91. The van der Waals surface area contributed by atoms with Crippen LogP contribution in [0.2, 0.25) is 0 Å². The quantitative estimate of drug-likeness (QED) is 0.455. The number of hydrogen-bond donors (Lipinski definition) is 1. The van der Waals surface area contributed by atoms with Crippen molar-refractivity contribution in [1.82, 2.24) is 9.55 Å². The van der Waals surface area contributed by atoms with Crippen LogP contribution in [0.1, 0.15) is 15.9 Å². The van der Waals surface area contributed by atoms with Crippen molar-refractivity contribution < 1.29 is 26.7 Å². The van der Waals surface area contributed by atoms with E-state index in [4.69, 9.17) is 0 Å². The number of aromatic hydroxyl groups is 1. The molecule has 156 valence electrons. The highest BCUT2D eigenvalue weighted by Crippen LogP contribution is 2.24. The number of para-hydroxylation sites is 1. The molecule has 10 heteroatoms. The van der Waals surface area contributed by atoms with Gasteiger partial charge in [-0.25, -0.2) is 21.8 Å². The molecule has 0 spiro atoms. The maximum Gasteiger partial charge on any atom is 0.191 e. The Labute approximate surface area is 174 Å². The highest BCUT2D eigenvalue weighted by Gasteiger charge is 2.24. The second kappa shape index (κ2) is 7.88. The molecule has 30 heavy (non-hydrogen) atoms. The van der Waals surface area contributed by atoms with Crippen molar-refractivity contribution in [2.24, 2.45) is 0 Å². The maximum absolute atomic E-state index is 12.4. The van der Waals surface area contributed by atoms with Gasteiger partial charge in [-0.3, -0.25) is 9.36 Å². The minimum atomic E-state index is -3.73. The summed E-state index contributed by atoms with van der Waals surface area (Å²) < 4.78 is 49.3. The zero-order chi connectivity index (χ0) is 22.1. The van der Waals surface area contributed by atoms with Gasteiger partial charge in [-0.2, -0.15) is 0 Å². The van der Waals surface area contributed by atoms with Gasteiger partial charge in [-0.1, -0.05) is 18.2 Å². The van der Waals surface area contributed by atoms with Gasteiger partial charge in [0.15, 0.2) is 25.5 Å². The Balaban J connectivity index is 1.98. The van der Waals surface area contributed by atoms with E-state index in [-0.39, 0.29) is 27.2 Å². The Hall–Kier alpha value is -3.24. The van der Waals surface area contributed by atoms with E-state index in [2.05, 4.69) is 4.98 Å². The molecule has 0 fully saturated rings. The van der Waals surface area contributed by atoms with Gasteiger partial charge in [0.05, 0.1) is 0 Å². The van der Waals surface area contributed by atoms with Gasteiger partial charge >= 0.3 is 0 Å². The molecule has 0 radical (unpaired) electrons. The number of benzene rings is 1. The fraction of sp³-hybridized carbons (Fsp3) is 0.100. The minimum Gasteiger partial charge on any atom is -0.507 e. The number of pyridine rings is 1. The fourth-order valence-electron chi connectivity index (χ4n) is 2.76. The predicted molar refractivity (Wildman–Crippen MR) is 111 cm³/mol. The number of carbonyl (C=O) groups is 1. The standard InChI is InChI=1S/C20H18N2O6S2/c1-29(25,26)19-11-12-20(30(2,27)28)22(19)18-10-8-15(13-21-18)17(24)9-7-14-5-3-4-6-16(14)23/h3-13,23H,1-2H3.